The number of rotatable bonds is 9. The van der Waals surface area contributed by atoms with Crippen LogP contribution in [0.4, 0.5) is 4.39 Å². The highest BCUT2D eigenvalue weighted by atomic mass is 32.2. The van der Waals surface area contributed by atoms with E-state index in [1.54, 1.807) is 41.3 Å². The second-order valence-corrected chi connectivity index (χ2v) is 13.2. The third-order valence-electron chi connectivity index (χ3n) is 8.38. The van der Waals surface area contributed by atoms with Crippen LogP contribution in [0.25, 0.3) is 0 Å². The van der Waals surface area contributed by atoms with Gasteiger partial charge in [0.15, 0.2) is 0 Å². The Bertz CT molecular complexity index is 1260. The van der Waals surface area contributed by atoms with E-state index < -0.39 is 10.0 Å². The summed E-state index contributed by atoms with van der Waals surface area (Å²) in [6.07, 6.45) is 6.88. The molecule has 5 rings (SSSR count). The van der Waals surface area contributed by atoms with Crippen LogP contribution in [0.5, 0.6) is 0 Å². The lowest BCUT2D eigenvalue weighted by atomic mass is 9.99. The van der Waals surface area contributed by atoms with Gasteiger partial charge < -0.3 is 9.80 Å². The lowest BCUT2D eigenvalue weighted by Crippen LogP contribution is -2.52. The molecule has 2 aromatic carbocycles. The van der Waals surface area contributed by atoms with Gasteiger partial charge in [-0.3, -0.25) is 9.59 Å². The maximum atomic E-state index is 13.9. The van der Waals surface area contributed by atoms with Gasteiger partial charge in [0.25, 0.3) is 0 Å². The van der Waals surface area contributed by atoms with Crippen molar-refractivity contribution in [3.8, 4) is 0 Å². The molecule has 3 aliphatic rings. The van der Waals surface area contributed by atoms with Crippen LogP contribution in [0.3, 0.4) is 0 Å². The molecule has 2 aliphatic carbocycles. The van der Waals surface area contributed by atoms with Crippen LogP contribution in [0, 0.1) is 18.7 Å². The predicted octanol–water partition coefficient (Wildman–Crippen LogP) is 4.50. The highest BCUT2D eigenvalue weighted by Gasteiger charge is 2.41. The zero-order valence-electron chi connectivity index (χ0n) is 22.6. The summed E-state index contributed by atoms with van der Waals surface area (Å²) in [5.74, 6) is -0.258. The Labute approximate surface area is 231 Å². The van der Waals surface area contributed by atoms with Gasteiger partial charge in [0, 0.05) is 37.6 Å². The zero-order valence-corrected chi connectivity index (χ0v) is 23.4. The molecule has 0 atom stereocenters. The van der Waals surface area contributed by atoms with Gasteiger partial charge in [0.2, 0.25) is 21.8 Å². The summed E-state index contributed by atoms with van der Waals surface area (Å²) in [5.41, 5.74) is 1.75. The van der Waals surface area contributed by atoms with Gasteiger partial charge in [-0.2, -0.15) is 4.31 Å². The van der Waals surface area contributed by atoms with Gasteiger partial charge in [0.05, 0.1) is 11.4 Å². The van der Waals surface area contributed by atoms with E-state index in [0.717, 1.165) is 49.7 Å². The SMILES string of the molecule is Cc1ccc(S(=O)(=O)N(CC(=O)N(Cc2ccc(F)cc2)C2CCN(C(=O)C3CCCC3)CC2)C2CC2)cc1. The number of carbonyl (C=O) groups excluding carboxylic acids is 2. The molecule has 9 heteroatoms. The van der Waals surface area contributed by atoms with Crippen LogP contribution in [0.1, 0.15) is 62.5 Å². The van der Waals surface area contributed by atoms with Gasteiger partial charge in [0.1, 0.15) is 5.82 Å². The quantitative estimate of drug-likeness (QED) is 0.457. The number of halogens is 1. The highest BCUT2D eigenvalue weighted by molar-refractivity contribution is 7.89. The second-order valence-electron chi connectivity index (χ2n) is 11.3. The van der Waals surface area contributed by atoms with E-state index in [9.17, 15) is 22.4 Å². The molecule has 7 nitrogen and oxygen atoms in total. The standard InChI is InChI=1S/C30H38FN3O4S/c1-22-6-14-28(15-7-22)39(37,38)34(27-12-13-27)21-29(35)33(20-23-8-10-25(31)11-9-23)26-16-18-32(19-17-26)30(36)24-4-2-3-5-24/h6-11,14-15,24,26-27H,2-5,12-13,16-21H2,1H3. The Kier molecular flexibility index (Phi) is 8.38. The minimum absolute atomic E-state index is 0.123. The first kappa shape index (κ1) is 27.8. The maximum Gasteiger partial charge on any atom is 0.243 e. The number of nitrogens with zero attached hydrogens (tertiary/aromatic N) is 3. The van der Waals surface area contributed by atoms with Gasteiger partial charge in [-0.25, -0.2) is 12.8 Å². The van der Waals surface area contributed by atoms with Crippen LogP contribution in [-0.4, -0.2) is 66.1 Å². The maximum absolute atomic E-state index is 13.9. The molecule has 210 valence electrons. The molecule has 2 aromatic rings. The summed E-state index contributed by atoms with van der Waals surface area (Å²) < 4.78 is 42.1. The molecule has 0 aromatic heterocycles. The van der Waals surface area contributed by atoms with E-state index in [1.807, 2.05) is 11.8 Å². The second kappa shape index (κ2) is 11.8. The van der Waals surface area contributed by atoms with Crippen LogP contribution in [-0.2, 0) is 26.2 Å². The first-order valence-corrected chi connectivity index (χ1v) is 15.6. The van der Waals surface area contributed by atoms with Crippen molar-refractivity contribution < 1.29 is 22.4 Å². The van der Waals surface area contributed by atoms with E-state index >= 15 is 0 Å². The fourth-order valence-electron chi connectivity index (χ4n) is 5.88. The predicted molar refractivity (Wildman–Crippen MR) is 147 cm³/mol. The van der Waals surface area contributed by atoms with Crippen LogP contribution in [0.15, 0.2) is 53.4 Å². The van der Waals surface area contributed by atoms with Crippen LogP contribution < -0.4 is 0 Å². The molecule has 0 bridgehead atoms. The molecule has 0 radical (unpaired) electrons. The summed E-state index contributed by atoms with van der Waals surface area (Å²) in [4.78, 5) is 30.7. The summed E-state index contributed by atoms with van der Waals surface area (Å²) in [6.45, 7) is 3.10. The average molecular weight is 556 g/mol. The van der Waals surface area contributed by atoms with Crippen molar-refractivity contribution in [2.45, 2.75) is 81.8 Å². The summed E-state index contributed by atoms with van der Waals surface area (Å²) >= 11 is 0. The molecular formula is C30H38FN3O4S. The summed E-state index contributed by atoms with van der Waals surface area (Å²) in [5, 5.41) is 0. The lowest BCUT2D eigenvalue weighted by molar-refractivity contribution is -0.139. The Balaban J connectivity index is 1.33. The number of hydrogen-bond acceptors (Lipinski definition) is 4. The average Bonchev–Trinajstić information content (AvgIpc) is 3.62. The molecule has 2 amide bonds. The molecule has 3 fully saturated rings. The van der Waals surface area contributed by atoms with Crippen LogP contribution in [0.2, 0.25) is 0 Å². The Hall–Kier alpha value is -2.78. The first-order valence-electron chi connectivity index (χ1n) is 14.1. The van der Waals surface area contributed by atoms with Crippen molar-refractivity contribution >= 4 is 21.8 Å². The minimum atomic E-state index is -3.84. The number of amides is 2. The molecule has 1 saturated heterocycles. The van der Waals surface area contributed by atoms with Gasteiger partial charge >= 0.3 is 0 Å². The van der Waals surface area contributed by atoms with Crippen LogP contribution >= 0.6 is 0 Å². The molecule has 0 spiro atoms. The number of hydrogen-bond donors (Lipinski definition) is 0. The topological polar surface area (TPSA) is 78.0 Å². The van der Waals surface area contributed by atoms with E-state index in [2.05, 4.69) is 0 Å². The fraction of sp³-hybridized carbons (Fsp3) is 0.533. The Morgan fingerprint density at radius 3 is 2.08 bits per heavy atom. The third-order valence-corrected chi connectivity index (χ3v) is 10.3. The summed E-state index contributed by atoms with van der Waals surface area (Å²) in [6, 6.07) is 12.5. The first-order chi connectivity index (χ1) is 18.7. The van der Waals surface area contributed by atoms with Gasteiger partial charge in [-0.15, -0.1) is 0 Å². The van der Waals surface area contributed by atoms with Crippen molar-refractivity contribution in [1.29, 1.82) is 0 Å². The molecular weight excluding hydrogens is 517 g/mol. The molecule has 39 heavy (non-hydrogen) atoms. The number of likely N-dealkylation sites (tertiary alicyclic amines) is 1. The molecule has 0 unspecified atom stereocenters. The minimum Gasteiger partial charge on any atom is -0.342 e. The largest absolute Gasteiger partial charge is 0.342 e. The van der Waals surface area contributed by atoms with E-state index in [1.165, 1.54) is 16.4 Å². The van der Waals surface area contributed by atoms with E-state index in [-0.39, 0.29) is 53.6 Å². The molecule has 2 saturated carbocycles. The lowest BCUT2D eigenvalue weighted by Gasteiger charge is -2.40. The van der Waals surface area contributed by atoms with Crippen molar-refractivity contribution in [1.82, 2.24) is 14.1 Å². The van der Waals surface area contributed by atoms with Crippen molar-refractivity contribution in [3.63, 3.8) is 0 Å². The fourth-order valence-corrected chi connectivity index (χ4v) is 7.51. The molecule has 0 N–H and O–H groups in total. The van der Waals surface area contributed by atoms with Crippen molar-refractivity contribution in [2.24, 2.45) is 5.92 Å². The Morgan fingerprint density at radius 1 is 0.872 bits per heavy atom. The van der Waals surface area contributed by atoms with E-state index in [0.29, 0.717) is 25.9 Å². The van der Waals surface area contributed by atoms with Crippen molar-refractivity contribution in [3.05, 3.63) is 65.5 Å². The zero-order chi connectivity index (χ0) is 27.6. The number of carbonyl (C=O) groups is 2. The van der Waals surface area contributed by atoms with E-state index in [4.69, 9.17) is 0 Å². The normalized spacial score (nSPS) is 19.0. The molecule has 1 heterocycles. The smallest absolute Gasteiger partial charge is 0.243 e. The summed E-state index contributed by atoms with van der Waals surface area (Å²) in [7, 11) is -3.84. The molecule has 1 aliphatic heterocycles. The van der Waals surface area contributed by atoms with Gasteiger partial charge in [-0.05, 0) is 75.3 Å². The monoisotopic (exact) mass is 555 g/mol. The highest BCUT2D eigenvalue weighted by Crippen LogP contribution is 2.33. The Morgan fingerprint density at radius 2 is 1.49 bits per heavy atom. The van der Waals surface area contributed by atoms with Crippen molar-refractivity contribution in [2.75, 3.05) is 19.6 Å². The number of piperidine rings is 1. The number of benzene rings is 2. The number of aryl methyl sites for hydroxylation is 1. The third kappa shape index (κ3) is 6.52. The number of sulfonamides is 1. The van der Waals surface area contributed by atoms with Gasteiger partial charge in [-0.1, -0.05) is 42.7 Å².